The number of nitrogens with zero attached hydrogens (tertiary/aromatic N) is 3. The molecule has 0 spiro atoms. The van der Waals surface area contributed by atoms with Crippen molar-refractivity contribution in [3.05, 3.63) is 130 Å². The van der Waals surface area contributed by atoms with Crippen molar-refractivity contribution in [3.63, 3.8) is 0 Å². The normalized spacial score (nSPS) is 11.9. The molecule has 0 aliphatic rings. The number of fused-ring (bicyclic) bond motifs is 1. The summed E-state index contributed by atoms with van der Waals surface area (Å²) in [5.74, 6) is 0.347. The van der Waals surface area contributed by atoms with E-state index < -0.39 is 6.04 Å². The Morgan fingerprint density at radius 2 is 1.57 bits per heavy atom. The first kappa shape index (κ1) is 27.0. The van der Waals surface area contributed by atoms with Gasteiger partial charge in [0.05, 0.1) is 29.2 Å². The largest absolute Gasteiger partial charge is 0.383 e. The molecule has 6 heteroatoms. The third-order valence-corrected chi connectivity index (χ3v) is 7.27. The van der Waals surface area contributed by atoms with Crippen molar-refractivity contribution in [3.8, 4) is 16.8 Å². The van der Waals surface area contributed by atoms with Crippen LogP contribution in [0, 0.1) is 13.8 Å². The Morgan fingerprint density at radius 1 is 0.900 bits per heavy atom. The zero-order valence-electron chi connectivity index (χ0n) is 23.3. The Kier molecular flexibility index (Phi) is 7.89. The van der Waals surface area contributed by atoms with Crippen LogP contribution in [-0.4, -0.2) is 40.6 Å². The van der Waals surface area contributed by atoms with Crippen molar-refractivity contribution < 1.29 is 9.53 Å². The van der Waals surface area contributed by atoms with Crippen LogP contribution in [-0.2, 0) is 4.74 Å². The minimum absolute atomic E-state index is 0.154. The number of hydrogen-bond donors (Lipinski definition) is 0. The summed E-state index contributed by atoms with van der Waals surface area (Å²) >= 11 is 0. The average Bonchev–Trinajstić information content (AvgIpc) is 2.98. The Labute approximate surface area is 234 Å². The number of rotatable bonds is 8. The van der Waals surface area contributed by atoms with Crippen LogP contribution in [0.3, 0.4) is 0 Å². The van der Waals surface area contributed by atoms with E-state index in [1.54, 1.807) is 22.6 Å². The Bertz CT molecular complexity index is 1710. The molecule has 0 N–H and O–H groups in total. The molecule has 1 aromatic heterocycles. The zero-order chi connectivity index (χ0) is 28.2. The molecule has 5 aromatic rings. The fourth-order valence-corrected chi connectivity index (χ4v) is 5.12. The van der Waals surface area contributed by atoms with Gasteiger partial charge in [0, 0.05) is 19.2 Å². The number of aromatic nitrogens is 2. The summed E-state index contributed by atoms with van der Waals surface area (Å²) in [6, 6.07) is 30.5. The second-order valence-electron chi connectivity index (χ2n) is 10.0. The standard InChI is InChI=1S/C34H33N3O3/c1-23-14-19-31(24(2)22-23)37-32(35-30-13-9-8-12-29(30)34(37)39)25(3)36(20-21-40-4)33(38)28-17-15-27(16-18-28)26-10-6-5-7-11-26/h5-19,22,25H,20-21H2,1-4H3. The van der Waals surface area contributed by atoms with Crippen LogP contribution in [0.2, 0.25) is 0 Å². The summed E-state index contributed by atoms with van der Waals surface area (Å²) in [6.07, 6.45) is 0. The summed E-state index contributed by atoms with van der Waals surface area (Å²) in [5.41, 5.74) is 5.93. The lowest BCUT2D eigenvalue weighted by Gasteiger charge is -2.31. The minimum atomic E-state index is -0.519. The van der Waals surface area contributed by atoms with Crippen LogP contribution in [0.4, 0.5) is 0 Å². The first-order valence-corrected chi connectivity index (χ1v) is 13.4. The van der Waals surface area contributed by atoms with E-state index in [9.17, 15) is 9.59 Å². The molecule has 202 valence electrons. The quantitative estimate of drug-likeness (QED) is 0.229. The zero-order valence-corrected chi connectivity index (χ0v) is 23.3. The highest BCUT2D eigenvalue weighted by molar-refractivity contribution is 5.95. The molecule has 4 aromatic carbocycles. The van der Waals surface area contributed by atoms with E-state index in [-0.39, 0.29) is 11.5 Å². The van der Waals surface area contributed by atoms with Gasteiger partial charge in [-0.25, -0.2) is 4.98 Å². The maximum absolute atomic E-state index is 14.0. The van der Waals surface area contributed by atoms with Gasteiger partial charge in [-0.3, -0.25) is 14.2 Å². The van der Waals surface area contributed by atoms with Crippen LogP contribution in [0.5, 0.6) is 0 Å². The van der Waals surface area contributed by atoms with Gasteiger partial charge in [-0.05, 0) is 67.8 Å². The van der Waals surface area contributed by atoms with E-state index in [1.807, 2.05) is 112 Å². The molecule has 0 radical (unpaired) electrons. The Morgan fingerprint density at radius 3 is 2.27 bits per heavy atom. The van der Waals surface area contributed by atoms with E-state index in [1.165, 1.54) is 0 Å². The van der Waals surface area contributed by atoms with Gasteiger partial charge in [0.25, 0.3) is 11.5 Å². The molecular weight excluding hydrogens is 498 g/mol. The maximum Gasteiger partial charge on any atom is 0.266 e. The molecule has 0 aliphatic heterocycles. The van der Waals surface area contributed by atoms with E-state index in [4.69, 9.17) is 9.72 Å². The summed E-state index contributed by atoms with van der Waals surface area (Å²) in [5, 5.41) is 0.532. The predicted octanol–water partition coefficient (Wildman–Crippen LogP) is 6.52. The molecule has 0 aliphatic carbocycles. The monoisotopic (exact) mass is 531 g/mol. The van der Waals surface area contributed by atoms with Gasteiger partial charge in [0.1, 0.15) is 5.82 Å². The fraction of sp³-hybridized carbons (Fsp3) is 0.206. The molecule has 0 saturated carbocycles. The topological polar surface area (TPSA) is 64.4 Å². The molecule has 0 saturated heterocycles. The number of benzene rings is 4. The third kappa shape index (κ3) is 5.31. The lowest BCUT2D eigenvalue weighted by molar-refractivity contribution is 0.0605. The second-order valence-corrected chi connectivity index (χ2v) is 10.0. The maximum atomic E-state index is 14.0. The predicted molar refractivity (Wildman–Crippen MR) is 160 cm³/mol. The molecule has 1 unspecified atom stereocenters. The Balaban J connectivity index is 1.61. The minimum Gasteiger partial charge on any atom is -0.383 e. The Hall–Kier alpha value is -4.55. The molecule has 0 bridgehead atoms. The van der Waals surface area contributed by atoms with Crippen molar-refractivity contribution in [1.29, 1.82) is 0 Å². The smallest absolute Gasteiger partial charge is 0.266 e. The van der Waals surface area contributed by atoms with Gasteiger partial charge in [0.15, 0.2) is 0 Å². The van der Waals surface area contributed by atoms with Gasteiger partial charge in [-0.15, -0.1) is 0 Å². The highest BCUT2D eigenvalue weighted by Gasteiger charge is 2.28. The number of amides is 1. The van der Waals surface area contributed by atoms with E-state index in [0.717, 1.165) is 27.9 Å². The molecule has 1 atom stereocenters. The molecule has 1 heterocycles. The number of methoxy groups -OCH3 is 1. The van der Waals surface area contributed by atoms with Crippen molar-refractivity contribution in [2.75, 3.05) is 20.3 Å². The van der Waals surface area contributed by atoms with Gasteiger partial charge in [-0.1, -0.05) is 72.3 Å². The van der Waals surface area contributed by atoms with Gasteiger partial charge >= 0.3 is 0 Å². The van der Waals surface area contributed by atoms with Crippen LogP contribution < -0.4 is 5.56 Å². The SMILES string of the molecule is COCCN(C(=O)c1ccc(-c2ccccc2)cc1)C(C)c1nc2ccccc2c(=O)n1-c1ccc(C)cc1C. The highest BCUT2D eigenvalue weighted by atomic mass is 16.5. The van der Waals surface area contributed by atoms with Crippen LogP contribution in [0.1, 0.15) is 40.3 Å². The van der Waals surface area contributed by atoms with E-state index >= 15 is 0 Å². The van der Waals surface area contributed by atoms with Crippen LogP contribution in [0.15, 0.2) is 102 Å². The molecular formula is C34H33N3O3. The third-order valence-electron chi connectivity index (χ3n) is 7.27. The van der Waals surface area contributed by atoms with Crippen molar-refractivity contribution in [2.24, 2.45) is 0 Å². The van der Waals surface area contributed by atoms with Gasteiger partial charge in [-0.2, -0.15) is 0 Å². The molecule has 6 nitrogen and oxygen atoms in total. The number of carbonyl (C=O) groups is 1. The second kappa shape index (κ2) is 11.7. The first-order chi connectivity index (χ1) is 19.4. The van der Waals surface area contributed by atoms with Crippen LogP contribution >= 0.6 is 0 Å². The molecule has 5 rings (SSSR count). The fourth-order valence-electron chi connectivity index (χ4n) is 5.12. The first-order valence-electron chi connectivity index (χ1n) is 13.4. The molecule has 1 amide bonds. The molecule has 0 fully saturated rings. The van der Waals surface area contributed by atoms with E-state index in [0.29, 0.717) is 35.4 Å². The van der Waals surface area contributed by atoms with Crippen molar-refractivity contribution >= 4 is 16.8 Å². The van der Waals surface area contributed by atoms with Crippen molar-refractivity contribution in [2.45, 2.75) is 26.8 Å². The molecule has 40 heavy (non-hydrogen) atoms. The van der Waals surface area contributed by atoms with Gasteiger partial charge < -0.3 is 9.64 Å². The number of hydrogen-bond acceptors (Lipinski definition) is 4. The lowest BCUT2D eigenvalue weighted by Crippen LogP contribution is -2.39. The summed E-state index contributed by atoms with van der Waals surface area (Å²) in [7, 11) is 1.61. The number of ether oxygens (including phenoxy) is 1. The summed E-state index contributed by atoms with van der Waals surface area (Å²) in [4.78, 5) is 34.6. The summed E-state index contributed by atoms with van der Waals surface area (Å²) in [6.45, 7) is 6.62. The number of carbonyl (C=O) groups excluding carboxylic acids is 1. The lowest BCUT2D eigenvalue weighted by atomic mass is 10.0. The number of para-hydroxylation sites is 1. The van der Waals surface area contributed by atoms with Crippen LogP contribution in [0.25, 0.3) is 27.7 Å². The average molecular weight is 532 g/mol. The van der Waals surface area contributed by atoms with Crippen molar-refractivity contribution in [1.82, 2.24) is 14.5 Å². The highest BCUT2D eigenvalue weighted by Crippen LogP contribution is 2.27. The summed E-state index contributed by atoms with van der Waals surface area (Å²) < 4.78 is 7.04. The van der Waals surface area contributed by atoms with E-state index in [2.05, 4.69) is 0 Å². The van der Waals surface area contributed by atoms with Gasteiger partial charge in [0.2, 0.25) is 0 Å². The number of aryl methyl sites for hydroxylation is 2.